The summed E-state index contributed by atoms with van der Waals surface area (Å²) in [5.41, 5.74) is 6.09. The molecule has 1 aromatic rings. The molecular formula is C10H15N3O3. The first-order valence-electron chi connectivity index (χ1n) is 4.86. The van der Waals surface area contributed by atoms with E-state index in [1.54, 1.807) is 19.2 Å². The molecule has 0 fully saturated rings. The average Bonchev–Trinajstić information content (AvgIpc) is 2.20. The first-order chi connectivity index (χ1) is 7.54. The van der Waals surface area contributed by atoms with Gasteiger partial charge in [-0.1, -0.05) is 0 Å². The van der Waals surface area contributed by atoms with Crippen LogP contribution in [0.3, 0.4) is 0 Å². The van der Waals surface area contributed by atoms with Crippen LogP contribution in [-0.4, -0.2) is 36.3 Å². The molecule has 16 heavy (non-hydrogen) atoms. The number of ether oxygens (including phenoxy) is 1. The smallest absolute Gasteiger partial charge is 0.323 e. The van der Waals surface area contributed by atoms with Crippen LogP contribution in [0.1, 0.15) is 6.92 Å². The summed E-state index contributed by atoms with van der Waals surface area (Å²) in [5, 5.41) is 8.65. The van der Waals surface area contributed by atoms with E-state index >= 15 is 0 Å². The predicted octanol–water partition coefficient (Wildman–Crippen LogP) is 0.583. The summed E-state index contributed by atoms with van der Waals surface area (Å²) >= 11 is 0. The zero-order chi connectivity index (χ0) is 12.1. The van der Waals surface area contributed by atoms with E-state index in [4.69, 9.17) is 15.6 Å². The summed E-state index contributed by atoms with van der Waals surface area (Å²) in [6, 6.07) is 3.30. The Labute approximate surface area is 93.6 Å². The third kappa shape index (κ3) is 3.01. The molecule has 6 heteroatoms. The van der Waals surface area contributed by atoms with Crippen molar-refractivity contribution in [1.82, 2.24) is 4.98 Å². The Morgan fingerprint density at radius 1 is 1.62 bits per heavy atom. The maximum atomic E-state index is 10.5. The normalized spacial score (nSPS) is 9.88. The van der Waals surface area contributed by atoms with Crippen LogP contribution in [0.15, 0.2) is 12.1 Å². The lowest BCUT2D eigenvalue weighted by Gasteiger charge is -2.16. The molecule has 0 bridgehead atoms. The lowest BCUT2D eigenvalue weighted by atomic mass is 10.3. The van der Waals surface area contributed by atoms with Gasteiger partial charge in [-0.25, -0.2) is 0 Å². The zero-order valence-corrected chi connectivity index (χ0v) is 9.30. The van der Waals surface area contributed by atoms with Gasteiger partial charge in [-0.05, 0) is 19.1 Å². The van der Waals surface area contributed by atoms with Crippen LogP contribution in [0.25, 0.3) is 0 Å². The molecule has 0 amide bonds. The second kappa shape index (κ2) is 5.20. The Morgan fingerprint density at radius 2 is 2.31 bits per heavy atom. The number of aliphatic carboxylic acids is 1. The van der Waals surface area contributed by atoms with Crippen molar-refractivity contribution in [3.63, 3.8) is 0 Å². The van der Waals surface area contributed by atoms with Crippen molar-refractivity contribution in [3.05, 3.63) is 12.1 Å². The number of carboxylic acids is 1. The van der Waals surface area contributed by atoms with Gasteiger partial charge in [0, 0.05) is 7.05 Å². The van der Waals surface area contributed by atoms with E-state index in [9.17, 15) is 4.79 Å². The van der Waals surface area contributed by atoms with Crippen LogP contribution < -0.4 is 15.4 Å². The molecule has 0 aliphatic carbocycles. The van der Waals surface area contributed by atoms with Crippen LogP contribution in [0.5, 0.6) is 5.88 Å². The number of nitrogens with zero attached hydrogens (tertiary/aromatic N) is 2. The molecule has 0 aliphatic rings. The van der Waals surface area contributed by atoms with E-state index < -0.39 is 5.97 Å². The summed E-state index contributed by atoms with van der Waals surface area (Å²) in [5.74, 6) is -0.0728. The second-order valence-electron chi connectivity index (χ2n) is 3.25. The minimum Gasteiger partial charge on any atom is -0.480 e. The highest BCUT2D eigenvalue weighted by Gasteiger charge is 2.09. The Bertz CT molecular complexity index is 382. The van der Waals surface area contributed by atoms with Gasteiger partial charge in [-0.2, -0.15) is 4.98 Å². The van der Waals surface area contributed by atoms with Gasteiger partial charge in [0.05, 0.1) is 12.3 Å². The predicted molar refractivity (Wildman–Crippen MR) is 60.7 cm³/mol. The number of likely N-dealkylation sites (N-methyl/N-ethyl adjacent to an activating group) is 1. The summed E-state index contributed by atoms with van der Waals surface area (Å²) in [6.07, 6.45) is 0. The summed E-state index contributed by atoms with van der Waals surface area (Å²) in [7, 11) is 1.64. The largest absolute Gasteiger partial charge is 0.480 e. The third-order valence-electron chi connectivity index (χ3n) is 1.92. The van der Waals surface area contributed by atoms with Crippen molar-refractivity contribution >= 4 is 17.5 Å². The van der Waals surface area contributed by atoms with Crippen molar-refractivity contribution in [2.24, 2.45) is 0 Å². The fourth-order valence-corrected chi connectivity index (χ4v) is 1.19. The number of aromatic nitrogens is 1. The minimum absolute atomic E-state index is 0.123. The molecule has 0 saturated carbocycles. The monoisotopic (exact) mass is 225 g/mol. The van der Waals surface area contributed by atoms with Crippen molar-refractivity contribution in [3.8, 4) is 5.88 Å². The Morgan fingerprint density at radius 3 is 2.88 bits per heavy atom. The number of carbonyl (C=O) groups is 1. The summed E-state index contributed by atoms with van der Waals surface area (Å²) in [4.78, 5) is 16.2. The maximum Gasteiger partial charge on any atom is 0.323 e. The number of nitrogens with two attached hydrogens (primary N) is 1. The Hall–Kier alpha value is -1.98. The molecule has 1 aromatic heterocycles. The molecule has 6 nitrogen and oxygen atoms in total. The lowest BCUT2D eigenvalue weighted by molar-refractivity contribution is -0.135. The number of hydrogen-bond acceptors (Lipinski definition) is 5. The number of rotatable bonds is 5. The molecule has 88 valence electrons. The van der Waals surface area contributed by atoms with E-state index in [0.29, 0.717) is 24.0 Å². The van der Waals surface area contributed by atoms with Crippen molar-refractivity contribution in [2.45, 2.75) is 6.92 Å². The highest BCUT2D eigenvalue weighted by Crippen LogP contribution is 2.22. The third-order valence-corrected chi connectivity index (χ3v) is 1.92. The number of anilines is 2. The van der Waals surface area contributed by atoms with Gasteiger partial charge in [0.2, 0.25) is 5.88 Å². The second-order valence-corrected chi connectivity index (χ2v) is 3.25. The zero-order valence-electron chi connectivity index (χ0n) is 9.30. The topological polar surface area (TPSA) is 88.7 Å². The molecule has 0 spiro atoms. The van der Waals surface area contributed by atoms with E-state index in [2.05, 4.69) is 4.98 Å². The molecule has 0 atom stereocenters. The van der Waals surface area contributed by atoms with Gasteiger partial charge in [0.25, 0.3) is 0 Å². The quantitative estimate of drug-likeness (QED) is 0.762. The Balaban J connectivity index is 2.88. The number of carboxylic acid groups (broad SMARTS) is 1. The van der Waals surface area contributed by atoms with Crippen molar-refractivity contribution in [2.75, 3.05) is 30.8 Å². The standard InChI is InChI=1S/C10H15N3O3/c1-3-16-10-7(11)4-5-8(12-10)13(2)6-9(14)15/h4-5H,3,6,11H2,1-2H3,(H,14,15). The van der Waals surface area contributed by atoms with Crippen LogP contribution in [0.4, 0.5) is 11.5 Å². The number of hydrogen-bond donors (Lipinski definition) is 2. The van der Waals surface area contributed by atoms with Gasteiger partial charge in [0.1, 0.15) is 12.4 Å². The van der Waals surface area contributed by atoms with E-state index in [1.165, 1.54) is 4.90 Å². The first kappa shape index (κ1) is 12.1. The van der Waals surface area contributed by atoms with Gasteiger partial charge >= 0.3 is 5.97 Å². The molecule has 0 unspecified atom stereocenters. The number of nitrogen functional groups attached to an aromatic ring is 1. The SMILES string of the molecule is CCOc1nc(N(C)CC(=O)O)ccc1N. The van der Waals surface area contributed by atoms with E-state index in [-0.39, 0.29) is 6.54 Å². The molecule has 1 heterocycles. The fourth-order valence-electron chi connectivity index (χ4n) is 1.19. The summed E-state index contributed by atoms with van der Waals surface area (Å²) in [6.45, 7) is 2.17. The average molecular weight is 225 g/mol. The van der Waals surface area contributed by atoms with Crippen LogP contribution in [-0.2, 0) is 4.79 Å². The van der Waals surface area contributed by atoms with Crippen LogP contribution in [0.2, 0.25) is 0 Å². The van der Waals surface area contributed by atoms with Gasteiger partial charge < -0.3 is 20.5 Å². The van der Waals surface area contributed by atoms with Crippen LogP contribution in [0, 0.1) is 0 Å². The lowest BCUT2D eigenvalue weighted by Crippen LogP contribution is -2.26. The molecule has 3 N–H and O–H groups in total. The van der Waals surface area contributed by atoms with Crippen molar-refractivity contribution in [1.29, 1.82) is 0 Å². The first-order valence-corrected chi connectivity index (χ1v) is 4.86. The molecule has 1 rings (SSSR count). The highest BCUT2D eigenvalue weighted by atomic mass is 16.5. The highest BCUT2D eigenvalue weighted by molar-refractivity contribution is 5.73. The molecule has 0 radical (unpaired) electrons. The van der Waals surface area contributed by atoms with Gasteiger partial charge in [-0.15, -0.1) is 0 Å². The molecule has 0 aliphatic heterocycles. The van der Waals surface area contributed by atoms with Gasteiger partial charge in [-0.3, -0.25) is 4.79 Å². The van der Waals surface area contributed by atoms with E-state index in [0.717, 1.165) is 0 Å². The molecule has 0 saturated heterocycles. The molecular weight excluding hydrogens is 210 g/mol. The maximum absolute atomic E-state index is 10.5. The van der Waals surface area contributed by atoms with Gasteiger partial charge in [0.15, 0.2) is 0 Å². The fraction of sp³-hybridized carbons (Fsp3) is 0.400. The van der Waals surface area contributed by atoms with Crippen LogP contribution >= 0.6 is 0 Å². The number of pyridine rings is 1. The Kier molecular flexibility index (Phi) is 3.93. The van der Waals surface area contributed by atoms with E-state index in [1.807, 2.05) is 6.92 Å². The minimum atomic E-state index is -0.918. The molecule has 0 aromatic carbocycles. The summed E-state index contributed by atoms with van der Waals surface area (Å²) < 4.78 is 5.22. The van der Waals surface area contributed by atoms with Crippen molar-refractivity contribution < 1.29 is 14.6 Å².